The van der Waals surface area contributed by atoms with Crippen LogP contribution in [0.2, 0.25) is 0 Å². The van der Waals surface area contributed by atoms with E-state index in [1.807, 2.05) is 19.0 Å². The summed E-state index contributed by atoms with van der Waals surface area (Å²) >= 11 is 0. The molecule has 7 nitrogen and oxygen atoms in total. The smallest absolute Gasteiger partial charge is 0.231 e. The number of aromatic nitrogens is 3. The molecule has 2 atom stereocenters. The number of hydrogen-bond donors (Lipinski definition) is 2. The molecular formula is C12H22N6O. The van der Waals surface area contributed by atoms with Gasteiger partial charge in [-0.1, -0.05) is 0 Å². The number of nitrogens with one attached hydrogen (secondary N) is 2. The van der Waals surface area contributed by atoms with Crippen LogP contribution in [-0.2, 0) is 4.74 Å². The highest BCUT2D eigenvalue weighted by molar-refractivity contribution is 5.43. The molecule has 0 amide bonds. The predicted octanol–water partition coefficient (Wildman–Crippen LogP) is 0.959. The molecule has 2 rings (SSSR count). The van der Waals surface area contributed by atoms with Crippen LogP contribution < -0.4 is 15.5 Å². The molecule has 1 saturated carbocycles. The lowest BCUT2D eigenvalue weighted by molar-refractivity contribution is 0.101. The average molecular weight is 266 g/mol. The Balaban J connectivity index is 2.17. The molecule has 2 N–H and O–H groups in total. The van der Waals surface area contributed by atoms with Crippen molar-refractivity contribution >= 4 is 17.8 Å². The van der Waals surface area contributed by atoms with Crippen LogP contribution in [0.15, 0.2) is 0 Å². The highest BCUT2D eigenvalue weighted by Crippen LogP contribution is 2.24. The predicted molar refractivity (Wildman–Crippen MR) is 75.8 cm³/mol. The maximum atomic E-state index is 5.47. The highest BCUT2D eigenvalue weighted by atomic mass is 16.5. The molecule has 1 aliphatic rings. The first-order valence-electron chi connectivity index (χ1n) is 6.54. The molecule has 1 aliphatic carbocycles. The van der Waals surface area contributed by atoms with Crippen molar-refractivity contribution in [3.05, 3.63) is 0 Å². The highest BCUT2D eigenvalue weighted by Gasteiger charge is 2.27. The summed E-state index contributed by atoms with van der Waals surface area (Å²) in [5.74, 6) is 1.79. The van der Waals surface area contributed by atoms with E-state index >= 15 is 0 Å². The molecule has 19 heavy (non-hydrogen) atoms. The van der Waals surface area contributed by atoms with Gasteiger partial charge in [-0.3, -0.25) is 0 Å². The van der Waals surface area contributed by atoms with E-state index in [-0.39, 0.29) is 12.1 Å². The van der Waals surface area contributed by atoms with E-state index in [9.17, 15) is 0 Å². The molecule has 0 spiro atoms. The number of nitrogens with zero attached hydrogens (tertiary/aromatic N) is 4. The normalized spacial score (nSPS) is 22.3. The van der Waals surface area contributed by atoms with Crippen molar-refractivity contribution in [2.45, 2.75) is 31.4 Å². The van der Waals surface area contributed by atoms with Gasteiger partial charge < -0.3 is 20.3 Å². The molecule has 106 valence electrons. The first-order valence-corrected chi connectivity index (χ1v) is 6.54. The Hall–Kier alpha value is -1.63. The van der Waals surface area contributed by atoms with Crippen molar-refractivity contribution in [3.8, 4) is 0 Å². The van der Waals surface area contributed by atoms with E-state index < -0.39 is 0 Å². The van der Waals surface area contributed by atoms with Gasteiger partial charge >= 0.3 is 0 Å². The standard InChI is InChI=1S/C12H22N6O/c1-13-10-15-11(17-12(16-10)18(2)3)14-8-6-5-7-9(8)19-4/h8-9H,5-7H2,1-4H3,(H2,13,14,15,16,17). The Bertz CT molecular complexity index is 425. The molecule has 0 aliphatic heterocycles. The van der Waals surface area contributed by atoms with E-state index in [2.05, 4.69) is 25.6 Å². The van der Waals surface area contributed by atoms with Crippen LogP contribution in [-0.4, -0.2) is 55.4 Å². The van der Waals surface area contributed by atoms with Gasteiger partial charge in [0.1, 0.15) is 0 Å². The van der Waals surface area contributed by atoms with Crippen LogP contribution in [0.5, 0.6) is 0 Å². The van der Waals surface area contributed by atoms with E-state index in [1.54, 1.807) is 14.2 Å². The number of rotatable bonds is 5. The lowest BCUT2D eigenvalue weighted by Gasteiger charge is -2.20. The fraction of sp³-hybridized carbons (Fsp3) is 0.750. The van der Waals surface area contributed by atoms with Crippen LogP contribution in [0.1, 0.15) is 19.3 Å². The van der Waals surface area contributed by atoms with Gasteiger partial charge in [0.2, 0.25) is 17.8 Å². The summed E-state index contributed by atoms with van der Waals surface area (Å²) in [4.78, 5) is 14.9. The monoisotopic (exact) mass is 266 g/mol. The molecule has 2 unspecified atom stereocenters. The van der Waals surface area contributed by atoms with Crippen molar-refractivity contribution in [2.75, 3.05) is 43.8 Å². The zero-order valence-corrected chi connectivity index (χ0v) is 12.0. The molecule has 1 fully saturated rings. The van der Waals surface area contributed by atoms with Gasteiger partial charge in [-0.2, -0.15) is 15.0 Å². The van der Waals surface area contributed by atoms with E-state index in [4.69, 9.17) is 4.74 Å². The maximum absolute atomic E-state index is 5.47. The third kappa shape index (κ3) is 3.23. The third-order valence-electron chi connectivity index (χ3n) is 3.32. The quantitative estimate of drug-likeness (QED) is 0.822. The molecule has 7 heteroatoms. The minimum atomic E-state index is 0.234. The fourth-order valence-electron chi connectivity index (χ4n) is 2.28. The van der Waals surface area contributed by atoms with Crippen molar-refractivity contribution < 1.29 is 4.74 Å². The van der Waals surface area contributed by atoms with Crippen LogP contribution in [0.25, 0.3) is 0 Å². The largest absolute Gasteiger partial charge is 0.379 e. The molecule has 0 saturated heterocycles. The van der Waals surface area contributed by atoms with Crippen LogP contribution in [0, 0.1) is 0 Å². The first-order chi connectivity index (χ1) is 9.13. The van der Waals surface area contributed by atoms with Gasteiger partial charge in [0.25, 0.3) is 0 Å². The van der Waals surface area contributed by atoms with E-state index in [1.165, 1.54) is 6.42 Å². The van der Waals surface area contributed by atoms with Crippen LogP contribution >= 0.6 is 0 Å². The number of methoxy groups -OCH3 is 1. The molecule has 0 aromatic carbocycles. The summed E-state index contributed by atoms with van der Waals surface area (Å²) in [7, 11) is 7.37. The molecule has 0 radical (unpaired) electrons. The van der Waals surface area contributed by atoms with Gasteiger partial charge in [0.05, 0.1) is 12.1 Å². The molecule has 1 aromatic rings. The summed E-state index contributed by atoms with van der Waals surface area (Å²) in [6.45, 7) is 0. The van der Waals surface area contributed by atoms with Crippen molar-refractivity contribution in [3.63, 3.8) is 0 Å². The minimum absolute atomic E-state index is 0.234. The lowest BCUT2D eigenvalue weighted by Crippen LogP contribution is -2.31. The maximum Gasteiger partial charge on any atom is 0.231 e. The second-order valence-corrected chi connectivity index (χ2v) is 4.88. The molecule has 0 bridgehead atoms. The SMILES string of the molecule is CNc1nc(NC2CCCC2OC)nc(N(C)C)n1. The van der Waals surface area contributed by atoms with Crippen molar-refractivity contribution in [1.29, 1.82) is 0 Å². The Morgan fingerprint density at radius 1 is 1.16 bits per heavy atom. The minimum Gasteiger partial charge on any atom is -0.379 e. The Morgan fingerprint density at radius 3 is 2.53 bits per heavy atom. The van der Waals surface area contributed by atoms with Gasteiger partial charge in [0, 0.05) is 28.3 Å². The van der Waals surface area contributed by atoms with Crippen molar-refractivity contribution in [2.24, 2.45) is 0 Å². The Labute approximate surface area is 113 Å². The van der Waals surface area contributed by atoms with Crippen molar-refractivity contribution in [1.82, 2.24) is 15.0 Å². The molecule has 1 heterocycles. The first kappa shape index (κ1) is 13.8. The summed E-state index contributed by atoms with van der Waals surface area (Å²) < 4.78 is 5.47. The summed E-state index contributed by atoms with van der Waals surface area (Å²) in [5, 5.41) is 6.31. The Morgan fingerprint density at radius 2 is 1.89 bits per heavy atom. The van der Waals surface area contributed by atoms with E-state index in [0.717, 1.165) is 12.8 Å². The van der Waals surface area contributed by atoms with Crippen LogP contribution in [0.3, 0.4) is 0 Å². The number of anilines is 3. The summed E-state index contributed by atoms with van der Waals surface area (Å²) in [6.07, 6.45) is 3.56. The van der Waals surface area contributed by atoms with Gasteiger partial charge in [-0.05, 0) is 19.3 Å². The van der Waals surface area contributed by atoms with Gasteiger partial charge in [-0.15, -0.1) is 0 Å². The van der Waals surface area contributed by atoms with E-state index in [0.29, 0.717) is 17.8 Å². The second-order valence-electron chi connectivity index (χ2n) is 4.88. The topological polar surface area (TPSA) is 75.2 Å². The number of ether oxygens (including phenoxy) is 1. The molecule has 1 aromatic heterocycles. The Kier molecular flexibility index (Phi) is 4.36. The lowest BCUT2D eigenvalue weighted by atomic mass is 10.2. The summed E-state index contributed by atoms with van der Waals surface area (Å²) in [6, 6.07) is 0.270. The number of hydrogen-bond acceptors (Lipinski definition) is 7. The third-order valence-corrected chi connectivity index (χ3v) is 3.32. The second kappa shape index (κ2) is 6.01. The fourth-order valence-corrected chi connectivity index (χ4v) is 2.28. The van der Waals surface area contributed by atoms with Gasteiger partial charge in [0.15, 0.2) is 0 Å². The summed E-state index contributed by atoms with van der Waals surface area (Å²) in [5.41, 5.74) is 0. The zero-order chi connectivity index (χ0) is 13.8. The molecular weight excluding hydrogens is 244 g/mol. The van der Waals surface area contributed by atoms with Gasteiger partial charge in [-0.25, -0.2) is 0 Å². The van der Waals surface area contributed by atoms with Crippen LogP contribution in [0.4, 0.5) is 17.8 Å². The zero-order valence-electron chi connectivity index (χ0n) is 12.0. The average Bonchev–Trinajstić information content (AvgIpc) is 2.85.